The summed E-state index contributed by atoms with van der Waals surface area (Å²) in [6.45, 7) is 1.95. The van der Waals surface area contributed by atoms with Crippen molar-refractivity contribution >= 4 is 10.8 Å². The summed E-state index contributed by atoms with van der Waals surface area (Å²) in [7, 11) is 0. The second kappa shape index (κ2) is 3.96. The predicted molar refractivity (Wildman–Crippen MR) is 60.5 cm³/mol. The Bertz CT molecular complexity index is 482. The van der Waals surface area contributed by atoms with Crippen LogP contribution in [0.2, 0.25) is 0 Å². The molecule has 3 nitrogen and oxygen atoms in total. The number of aliphatic hydroxyl groups excluding tert-OH is 1. The molecule has 1 unspecified atom stereocenters. The molecule has 3 heteroatoms. The first-order valence-electron chi connectivity index (χ1n) is 4.94. The number of hydrogen-bond donors (Lipinski definition) is 2. The highest BCUT2D eigenvalue weighted by atomic mass is 16.3. The summed E-state index contributed by atoms with van der Waals surface area (Å²) in [5, 5.41) is 11.2. The topological polar surface area (TPSA) is 59.1 Å². The molecular formula is C12H14N2O. The average molecular weight is 202 g/mol. The lowest BCUT2D eigenvalue weighted by atomic mass is 10.0. The summed E-state index contributed by atoms with van der Waals surface area (Å²) in [5.41, 5.74) is 7.72. The van der Waals surface area contributed by atoms with Crippen molar-refractivity contribution < 1.29 is 5.11 Å². The van der Waals surface area contributed by atoms with Crippen LogP contribution in [0.3, 0.4) is 0 Å². The van der Waals surface area contributed by atoms with E-state index >= 15 is 0 Å². The van der Waals surface area contributed by atoms with Crippen LogP contribution in [0, 0.1) is 6.92 Å². The molecular weight excluding hydrogens is 188 g/mol. The van der Waals surface area contributed by atoms with E-state index in [-0.39, 0.29) is 12.6 Å². The molecule has 2 aromatic rings. The van der Waals surface area contributed by atoms with Crippen LogP contribution in [0.5, 0.6) is 0 Å². The van der Waals surface area contributed by atoms with E-state index in [9.17, 15) is 0 Å². The van der Waals surface area contributed by atoms with Crippen molar-refractivity contribution in [2.24, 2.45) is 5.73 Å². The summed E-state index contributed by atoms with van der Waals surface area (Å²) in [5.74, 6) is 0. The Morgan fingerprint density at radius 2 is 2.20 bits per heavy atom. The van der Waals surface area contributed by atoms with Crippen molar-refractivity contribution in [1.29, 1.82) is 0 Å². The minimum absolute atomic E-state index is 0.0322. The van der Waals surface area contributed by atoms with Crippen molar-refractivity contribution in [2.45, 2.75) is 13.0 Å². The van der Waals surface area contributed by atoms with Crippen LogP contribution in [0.15, 0.2) is 30.5 Å². The molecule has 78 valence electrons. The maximum Gasteiger partial charge on any atom is 0.0624 e. The van der Waals surface area contributed by atoms with Crippen LogP contribution in [-0.4, -0.2) is 16.7 Å². The van der Waals surface area contributed by atoms with Crippen LogP contribution in [0.4, 0.5) is 0 Å². The molecule has 2 rings (SSSR count). The molecule has 0 aliphatic carbocycles. The minimum Gasteiger partial charge on any atom is -0.394 e. The summed E-state index contributed by atoms with van der Waals surface area (Å²) in [4.78, 5) is 4.22. The number of nitrogens with zero attached hydrogens (tertiary/aromatic N) is 1. The fourth-order valence-corrected chi connectivity index (χ4v) is 1.68. The average Bonchev–Trinajstić information content (AvgIpc) is 2.28. The molecule has 1 aromatic heterocycles. The van der Waals surface area contributed by atoms with Gasteiger partial charge in [0, 0.05) is 17.3 Å². The van der Waals surface area contributed by atoms with Gasteiger partial charge in [0.1, 0.15) is 0 Å². The van der Waals surface area contributed by atoms with Crippen molar-refractivity contribution in [2.75, 3.05) is 6.61 Å². The molecule has 0 saturated carbocycles. The molecule has 0 spiro atoms. The fourth-order valence-electron chi connectivity index (χ4n) is 1.68. The van der Waals surface area contributed by atoms with Gasteiger partial charge in [-0.15, -0.1) is 0 Å². The Balaban J connectivity index is 2.57. The van der Waals surface area contributed by atoms with Gasteiger partial charge in [0.15, 0.2) is 0 Å². The van der Waals surface area contributed by atoms with Crippen LogP contribution in [-0.2, 0) is 0 Å². The second-order valence-corrected chi connectivity index (χ2v) is 3.67. The number of aliphatic hydroxyl groups is 1. The zero-order chi connectivity index (χ0) is 10.8. The molecule has 0 bridgehead atoms. The van der Waals surface area contributed by atoms with Gasteiger partial charge in [-0.25, -0.2) is 0 Å². The summed E-state index contributed by atoms with van der Waals surface area (Å²) in [6, 6.07) is 7.60. The van der Waals surface area contributed by atoms with E-state index in [1.165, 1.54) is 0 Å². The van der Waals surface area contributed by atoms with E-state index in [4.69, 9.17) is 10.8 Å². The molecule has 0 radical (unpaired) electrons. The second-order valence-electron chi connectivity index (χ2n) is 3.67. The van der Waals surface area contributed by atoms with Gasteiger partial charge < -0.3 is 10.8 Å². The maximum atomic E-state index is 8.98. The van der Waals surface area contributed by atoms with Gasteiger partial charge in [-0.05, 0) is 30.0 Å². The van der Waals surface area contributed by atoms with E-state index in [0.29, 0.717) is 0 Å². The SMILES string of the molecule is Cc1nccc2cc(C(N)CO)ccc12. The molecule has 15 heavy (non-hydrogen) atoms. The quantitative estimate of drug-likeness (QED) is 0.776. The summed E-state index contributed by atoms with van der Waals surface area (Å²) in [6.07, 6.45) is 1.78. The van der Waals surface area contributed by atoms with Gasteiger partial charge in [-0.2, -0.15) is 0 Å². The standard InChI is InChI=1S/C12H14N2O/c1-8-11-3-2-10(12(13)7-15)6-9(11)4-5-14-8/h2-6,12,15H,7,13H2,1H3. The monoisotopic (exact) mass is 202 g/mol. The van der Waals surface area contributed by atoms with Gasteiger partial charge in [0.25, 0.3) is 0 Å². The van der Waals surface area contributed by atoms with E-state index in [1.54, 1.807) is 6.20 Å². The van der Waals surface area contributed by atoms with Crippen molar-refractivity contribution in [3.8, 4) is 0 Å². The highest BCUT2D eigenvalue weighted by molar-refractivity contribution is 5.84. The number of benzene rings is 1. The fraction of sp³-hybridized carbons (Fsp3) is 0.250. The summed E-state index contributed by atoms with van der Waals surface area (Å²) < 4.78 is 0. The number of pyridine rings is 1. The Morgan fingerprint density at radius 1 is 1.40 bits per heavy atom. The van der Waals surface area contributed by atoms with Crippen molar-refractivity contribution in [1.82, 2.24) is 4.98 Å². The molecule has 1 aromatic carbocycles. The van der Waals surface area contributed by atoms with E-state index in [0.717, 1.165) is 22.0 Å². The third kappa shape index (κ3) is 1.84. The lowest BCUT2D eigenvalue weighted by molar-refractivity contribution is 0.268. The van der Waals surface area contributed by atoms with Crippen molar-refractivity contribution in [3.63, 3.8) is 0 Å². The van der Waals surface area contributed by atoms with Crippen LogP contribution in [0.25, 0.3) is 10.8 Å². The van der Waals surface area contributed by atoms with Crippen LogP contribution in [0.1, 0.15) is 17.3 Å². The Kier molecular flexibility index (Phi) is 2.66. The number of aryl methyl sites for hydroxylation is 1. The highest BCUT2D eigenvalue weighted by Gasteiger charge is 2.05. The van der Waals surface area contributed by atoms with Gasteiger partial charge in [-0.3, -0.25) is 4.98 Å². The first kappa shape index (κ1) is 10.1. The van der Waals surface area contributed by atoms with E-state index in [1.807, 2.05) is 31.2 Å². The molecule has 0 aliphatic heterocycles. The molecule has 0 aliphatic rings. The number of aromatic nitrogens is 1. The Labute approximate surface area is 88.6 Å². The first-order valence-corrected chi connectivity index (χ1v) is 4.94. The predicted octanol–water partition coefficient (Wildman–Crippen LogP) is 1.54. The molecule has 1 atom stereocenters. The number of nitrogens with two attached hydrogens (primary N) is 1. The van der Waals surface area contributed by atoms with Gasteiger partial charge in [-0.1, -0.05) is 12.1 Å². The third-order valence-corrected chi connectivity index (χ3v) is 2.61. The minimum atomic E-state index is -0.303. The summed E-state index contributed by atoms with van der Waals surface area (Å²) >= 11 is 0. The van der Waals surface area contributed by atoms with Gasteiger partial charge >= 0.3 is 0 Å². The van der Waals surface area contributed by atoms with Crippen LogP contribution >= 0.6 is 0 Å². The third-order valence-electron chi connectivity index (χ3n) is 2.61. The van der Waals surface area contributed by atoms with E-state index in [2.05, 4.69) is 4.98 Å². The number of rotatable bonds is 2. The zero-order valence-corrected chi connectivity index (χ0v) is 8.64. The number of fused-ring (bicyclic) bond motifs is 1. The molecule has 1 heterocycles. The molecule has 0 saturated heterocycles. The maximum absolute atomic E-state index is 8.98. The first-order chi connectivity index (χ1) is 7.22. The lowest BCUT2D eigenvalue weighted by Gasteiger charge is -2.10. The Morgan fingerprint density at radius 3 is 2.93 bits per heavy atom. The largest absolute Gasteiger partial charge is 0.394 e. The van der Waals surface area contributed by atoms with Gasteiger partial charge in [0.2, 0.25) is 0 Å². The molecule has 0 amide bonds. The van der Waals surface area contributed by atoms with E-state index < -0.39 is 0 Å². The Hall–Kier alpha value is -1.45. The highest BCUT2D eigenvalue weighted by Crippen LogP contribution is 2.20. The van der Waals surface area contributed by atoms with Crippen molar-refractivity contribution in [3.05, 3.63) is 41.7 Å². The smallest absolute Gasteiger partial charge is 0.0624 e. The van der Waals surface area contributed by atoms with Gasteiger partial charge in [0.05, 0.1) is 12.6 Å². The number of hydrogen-bond acceptors (Lipinski definition) is 3. The molecule has 3 N–H and O–H groups in total. The lowest BCUT2D eigenvalue weighted by Crippen LogP contribution is -2.14. The molecule has 0 fully saturated rings. The van der Waals surface area contributed by atoms with Crippen LogP contribution < -0.4 is 5.73 Å². The zero-order valence-electron chi connectivity index (χ0n) is 8.64. The normalized spacial score (nSPS) is 13.0.